The average Bonchev–Trinajstić information content (AvgIpc) is 2.97. The highest BCUT2D eigenvalue weighted by Crippen LogP contribution is 2.31. The molecule has 1 aromatic carbocycles. The van der Waals surface area contributed by atoms with Crippen LogP contribution in [0.15, 0.2) is 28.7 Å². The molecular weight excluding hydrogens is 250 g/mol. The molecular formula is C12H11N3O2S. The van der Waals surface area contributed by atoms with Crippen molar-refractivity contribution >= 4 is 22.7 Å². The highest BCUT2D eigenvalue weighted by atomic mass is 32.1. The molecule has 2 heterocycles. The van der Waals surface area contributed by atoms with Crippen molar-refractivity contribution in [2.45, 2.75) is 6.92 Å². The van der Waals surface area contributed by atoms with Crippen molar-refractivity contribution in [3.63, 3.8) is 0 Å². The van der Waals surface area contributed by atoms with Crippen molar-refractivity contribution in [2.24, 2.45) is 5.10 Å². The highest BCUT2D eigenvalue weighted by Gasteiger charge is 2.12. The second-order valence-electron chi connectivity index (χ2n) is 3.78. The Morgan fingerprint density at radius 3 is 3.11 bits per heavy atom. The Morgan fingerprint density at radius 2 is 2.28 bits per heavy atom. The number of nitrogens with one attached hydrogen (secondary N) is 1. The Bertz CT molecular complexity index is 595. The second kappa shape index (κ2) is 4.66. The predicted octanol–water partition coefficient (Wildman–Crippen LogP) is 2.63. The molecule has 0 radical (unpaired) electrons. The van der Waals surface area contributed by atoms with Crippen LogP contribution in [0, 0.1) is 6.92 Å². The van der Waals surface area contributed by atoms with Crippen LogP contribution in [-0.2, 0) is 0 Å². The van der Waals surface area contributed by atoms with E-state index in [1.807, 2.05) is 30.5 Å². The Morgan fingerprint density at radius 1 is 1.39 bits per heavy atom. The van der Waals surface area contributed by atoms with Crippen molar-refractivity contribution < 1.29 is 9.47 Å². The van der Waals surface area contributed by atoms with Crippen molar-refractivity contribution in [1.29, 1.82) is 0 Å². The van der Waals surface area contributed by atoms with Crippen molar-refractivity contribution in [3.8, 4) is 11.5 Å². The summed E-state index contributed by atoms with van der Waals surface area (Å²) in [5, 5.41) is 6.88. The number of nitrogens with zero attached hydrogens (tertiary/aromatic N) is 2. The number of aryl methyl sites for hydroxylation is 1. The smallest absolute Gasteiger partial charge is 0.231 e. The lowest BCUT2D eigenvalue weighted by Gasteiger charge is -1.97. The van der Waals surface area contributed by atoms with Gasteiger partial charge in [0.25, 0.3) is 0 Å². The Balaban J connectivity index is 1.69. The second-order valence-corrected chi connectivity index (χ2v) is 4.63. The van der Waals surface area contributed by atoms with E-state index in [4.69, 9.17) is 9.47 Å². The largest absolute Gasteiger partial charge is 0.454 e. The fourth-order valence-electron chi connectivity index (χ4n) is 1.56. The summed E-state index contributed by atoms with van der Waals surface area (Å²) in [5.74, 6) is 1.53. The van der Waals surface area contributed by atoms with Crippen molar-refractivity contribution in [3.05, 3.63) is 34.8 Å². The first kappa shape index (κ1) is 11.0. The lowest BCUT2D eigenvalue weighted by Crippen LogP contribution is -1.93. The molecule has 5 nitrogen and oxygen atoms in total. The molecule has 0 saturated carbocycles. The van der Waals surface area contributed by atoms with Crippen LogP contribution < -0.4 is 14.9 Å². The van der Waals surface area contributed by atoms with Gasteiger partial charge >= 0.3 is 0 Å². The van der Waals surface area contributed by atoms with Gasteiger partial charge in [0.05, 0.1) is 11.9 Å². The normalized spacial score (nSPS) is 13.2. The van der Waals surface area contributed by atoms with Crippen LogP contribution >= 0.6 is 11.3 Å². The van der Waals surface area contributed by atoms with E-state index >= 15 is 0 Å². The number of ether oxygens (including phenoxy) is 2. The lowest BCUT2D eigenvalue weighted by atomic mass is 10.2. The molecule has 18 heavy (non-hydrogen) atoms. The molecule has 0 saturated heterocycles. The molecule has 0 spiro atoms. The highest BCUT2D eigenvalue weighted by molar-refractivity contribution is 7.13. The van der Waals surface area contributed by atoms with E-state index in [1.165, 1.54) is 11.3 Å². The van der Waals surface area contributed by atoms with Crippen LogP contribution in [0.3, 0.4) is 0 Å². The SMILES string of the molecule is Cc1csc(N/N=C\c2ccc3c(c2)OCO3)n1. The van der Waals surface area contributed by atoms with Crippen LogP contribution in [0.4, 0.5) is 5.13 Å². The Labute approximate surface area is 108 Å². The van der Waals surface area contributed by atoms with Gasteiger partial charge in [-0.25, -0.2) is 4.98 Å². The summed E-state index contributed by atoms with van der Waals surface area (Å²) in [5.41, 5.74) is 4.82. The number of thiazole rings is 1. The van der Waals surface area contributed by atoms with Crippen LogP contribution in [0.2, 0.25) is 0 Å². The maximum absolute atomic E-state index is 5.29. The van der Waals surface area contributed by atoms with Crippen LogP contribution in [0.25, 0.3) is 0 Å². The Kier molecular flexibility index (Phi) is 2.85. The molecule has 92 valence electrons. The summed E-state index contributed by atoms with van der Waals surface area (Å²) in [4.78, 5) is 4.25. The van der Waals surface area contributed by atoms with Gasteiger partial charge in [0, 0.05) is 5.38 Å². The molecule has 6 heteroatoms. The van der Waals surface area contributed by atoms with Gasteiger partial charge in [-0.05, 0) is 30.7 Å². The van der Waals surface area contributed by atoms with Gasteiger partial charge in [-0.15, -0.1) is 11.3 Å². The van der Waals surface area contributed by atoms with Gasteiger partial charge in [0.2, 0.25) is 11.9 Å². The summed E-state index contributed by atoms with van der Waals surface area (Å²) >= 11 is 1.52. The van der Waals surface area contributed by atoms with Crippen LogP contribution in [0.5, 0.6) is 11.5 Å². The first-order chi connectivity index (χ1) is 8.81. The molecule has 0 amide bonds. The third-order valence-electron chi connectivity index (χ3n) is 2.39. The zero-order valence-electron chi connectivity index (χ0n) is 9.71. The van der Waals surface area contributed by atoms with E-state index in [0.29, 0.717) is 0 Å². The zero-order valence-corrected chi connectivity index (χ0v) is 10.5. The van der Waals surface area contributed by atoms with Gasteiger partial charge in [0.15, 0.2) is 11.5 Å². The van der Waals surface area contributed by atoms with Crippen molar-refractivity contribution in [1.82, 2.24) is 4.98 Å². The first-order valence-electron chi connectivity index (χ1n) is 5.42. The summed E-state index contributed by atoms with van der Waals surface area (Å²) in [6.07, 6.45) is 1.72. The maximum Gasteiger partial charge on any atom is 0.231 e. The summed E-state index contributed by atoms with van der Waals surface area (Å²) in [7, 11) is 0. The molecule has 0 atom stereocenters. The van der Waals surface area contributed by atoms with E-state index in [-0.39, 0.29) is 6.79 Å². The monoisotopic (exact) mass is 261 g/mol. The first-order valence-corrected chi connectivity index (χ1v) is 6.30. The summed E-state index contributed by atoms with van der Waals surface area (Å²) in [6, 6.07) is 5.68. The van der Waals surface area contributed by atoms with Gasteiger partial charge in [-0.1, -0.05) is 0 Å². The number of hydrogen-bond donors (Lipinski definition) is 1. The van der Waals surface area contributed by atoms with Crippen molar-refractivity contribution in [2.75, 3.05) is 12.2 Å². The van der Waals surface area contributed by atoms with E-state index in [9.17, 15) is 0 Å². The summed E-state index contributed by atoms with van der Waals surface area (Å²) in [6.45, 7) is 2.23. The number of hydrazone groups is 1. The number of fused-ring (bicyclic) bond motifs is 1. The van der Waals surface area contributed by atoms with E-state index in [1.54, 1.807) is 6.21 Å². The third kappa shape index (κ3) is 2.28. The van der Waals surface area contributed by atoms with Crippen LogP contribution in [0.1, 0.15) is 11.3 Å². The fourth-order valence-corrected chi connectivity index (χ4v) is 2.20. The molecule has 0 unspecified atom stereocenters. The third-order valence-corrected chi connectivity index (χ3v) is 3.25. The van der Waals surface area contributed by atoms with Gasteiger partial charge < -0.3 is 9.47 Å². The topological polar surface area (TPSA) is 55.7 Å². The van der Waals surface area contributed by atoms with E-state index < -0.39 is 0 Å². The average molecular weight is 261 g/mol. The predicted molar refractivity (Wildman–Crippen MR) is 70.6 cm³/mol. The van der Waals surface area contributed by atoms with E-state index in [2.05, 4.69) is 15.5 Å². The molecule has 1 N–H and O–H groups in total. The molecule has 0 fully saturated rings. The lowest BCUT2D eigenvalue weighted by molar-refractivity contribution is 0.174. The minimum Gasteiger partial charge on any atom is -0.454 e. The minimum atomic E-state index is 0.284. The molecule has 0 bridgehead atoms. The number of anilines is 1. The van der Waals surface area contributed by atoms with Crippen LogP contribution in [-0.4, -0.2) is 18.0 Å². The Hall–Kier alpha value is -2.08. The zero-order chi connectivity index (χ0) is 12.4. The molecule has 3 rings (SSSR count). The molecule has 2 aromatic rings. The fraction of sp³-hybridized carbons (Fsp3) is 0.167. The maximum atomic E-state index is 5.29. The quantitative estimate of drug-likeness (QED) is 0.681. The molecule has 1 aromatic heterocycles. The number of rotatable bonds is 3. The van der Waals surface area contributed by atoms with E-state index in [0.717, 1.165) is 27.9 Å². The number of hydrogen-bond acceptors (Lipinski definition) is 6. The van der Waals surface area contributed by atoms with Gasteiger partial charge in [-0.3, -0.25) is 5.43 Å². The van der Waals surface area contributed by atoms with Gasteiger partial charge in [0.1, 0.15) is 0 Å². The molecule has 1 aliphatic heterocycles. The number of benzene rings is 1. The standard InChI is InChI=1S/C12H11N3O2S/c1-8-6-18-12(14-8)15-13-5-9-2-3-10-11(4-9)17-7-16-10/h2-6H,7H2,1H3,(H,14,15)/b13-5-. The minimum absolute atomic E-state index is 0.284. The molecule has 1 aliphatic rings. The number of aromatic nitrogens is 1. The molecule has 0 aliphatic carbocycles. The summed E-state index contributed by atoms with van der Waals surface area (Å²) < 4.78 is 10.5. The van der Waals surface area contributed by atoms with Gasteiger partial charge in [-0.2, -0.15) is 5.10 Å².